The average molecular weight is 388 g/mol. The lowest BCUT2D eigenvalue weighted by molar-refractivity contribution is -0.132. The van der Waals surface area contributed by atoms with Crippen molar-refractivity contribution in [3.05, 3.63) is 29.8 Å². The summed E-state index contributed by atoms with van der Waals surface area (Å²) in [6.07, 6.45) is 0. The van der Waals surface area contributed by atoms with Crippen molar-refractivity contribution in [3.8, 4) is 11.4 Å². The fourth-order valence-electron chi connectivity index (χ4n) is 3.41. The number of nitrogens with zero attached hydrogens (tertiary/aromatic N) is 5. The van der Waals surface area contributed by atoms with Crippen molar-refractivity contribution in [1.29, 1.82) is 0 Å². The maximum Gasteiger partial charge on any atom is 0.235 e. The number of hydrogen-bond acceptors (Lipinski definition) is 5. The summed E-state index contributed by atoms with van der Waals surface area (Å²) in [7, 11) is 0. The van der Waals surface area contributed by atoms with Gasteiger partial charge in [0.15, 0.2) is 11.0 Å². The number of carbonyl (C=O) groups is 1. The van der Waals surface area contributed by atoms with Gasteiger partial charge in [-0.05, 0) is 33.4 Å². The van der Waals surface area contributed by atoms with Crippen molar-refractivity contribution < 1.29 is 4.79 Å². The molecule has 1 aliphatic rings. The van der Waals surface area contributed by atoms with E-state index >= 15 is 0 Å². The van der Waals surface area contributed by atoms with E-state index in [1.54, 1.807) is 0 Å². The molecule has 0 N–H and O–H groups in total. The molecule has 0 bridgehead atoms. The van der Waals surface area contributed by atoms with Crippen LogP contribution in [0.1, 0.15) is 26.3 Å². The maximum atomic E-state index is 12.8. The number of aromatic nitrogens is 3. The summed E-state index contributed by atoms with van der Waals surface area (Å²) in [5.41, 5.74) is 2.26. The van der Waals surface area contributed by atoms with E-state index in [0.717, 1.165) is 55.8 Å². The highest BCUT2D eigenvalue weighted by atomic mass is 32.2. The zero-order valence-electron chi connectivity index (χ0n) is 16.7. The van der Waals surface area contributed by atoms with Gasteiger partial charge in [-0.25, -0.2) is 0 Å². The van der Waals surface area contributed by atoms with Gasteiger partial charge in [0.2, 0.25) is 5.91 Å². The maximum absolute atomic E-state index is 12.8. The van der Waals surface area contributed by atoms with Gasteiger partial charge in [0.25, 0.3) is 0 Å². The highest BCUT2D eigenvalue weighted by Crippen LogP contribution is 2.28. The minimum atomic E-state index is -0.168. The van der Waals surface area contributed by atoms with Crippen molar-refractivity contribution >= 4 is 17.7 Å². The van der Waals surface area contributed by atoms with Crippen LogP contribution in [0.25, 0.3) is 11.4 Å². The third-order valence-corrected chi connectivity index (χ3v) is 6.14. The highest BCUT2D eigenvalue weighted by Gasteiger charge is 2.26. The van der Waals surface area contributed by atoms with E-state index < -0.39 is 0 Å². The van der Waals surface area contributed by atoms with Gasteiger partial charge in [0, 0.05) is 38.3 Å². The Kier molecular flexibility index (Phi) is 6.55. The Hall–Kier alpha value is -1.86. The van der Waals surface area contributed by atoms with Gasteiger partial charge in [0.1, 0.15) is 0 Å². The number of rotatable bonds is 6. The van der Waals surface area contributed by atoms with E-state index in [9.17, 15) is 4.79 Å². The number of hydrogen-bond donors (Lipinski definition) is 0. The smallest absolute Gasteiger partial charge is 0.235 e. The molecule has 0 radical (unpaired) electrons. The second-order valence-corrected chi connectivity index (χ2v) is 8.25. The van der Waals surface area contributed by atoms with Crippen LogP contribution in [0.4, 0.5) is 0 Å². The Morgan fingerprint density at radius 3 is 2.52 bits per heavy atom. The predicted octanol–water partition coefficient (Wildman–Crippen LogP) is 2.92. The summed E-state index contributed by atoms with van der Waals surface area (Å²) in [4.78, 5) is 17.2. The molecule has 1 atom stereocenters. The molecule has 146 valence electrons. The van der Waals surface area contributed by atoms with E-state index in [1.165, 1.54) is 17.3 Å². The normalized spacial score (nSPS) is 16.5. The molecule has 2 heterocycles. The van der Waals surface area contributed by atoms with Crippen LogP contribution >= 0.6 is 11.8 Å². The Balaban J connectivity index is 1.71. The molecule has 2 aromatic rings. The van der Waals surface area contributed by atoms with Crippen LogP contribution in [-0.2, 0) is 11.3 Å². The summed E-state index contributed by atoms with van der Waals surface area (Å²) >= 11 is 1.51. The van der Waals surface area contributed by atoms with Gasteiger partial charge in [-0.1, -0.05) is 42.4 Å². The standard InChI is InChI=1S/C20H29N5OS/c1-5-23-10-12-24(13-11-23)19(26)16(4)27-20-22-21-18(25(20)6-2)17-9-7-8-15(3)14-17/h7-9,14,16H,5-6,10-13H2,1-4H3. The van der Waals surface area contributed by atoms with Gasteiger partial charge < -0.3 is 14.4 Å². The second kappa shape index (κ2) is 8.89. The lowest BCUT2D eigenvalue weighted by Gasteiger charge is -2.35. The molecule has 0 spiro atoms. The molecule has 1 amide bonds. The van der Waals surface area contributed by atoms with Crippen molar-refractivity contribution in [3.63, 3.8) is 0 Å². The molecule has 1 saturated heterocycles. The van der Waals surface area contributed by atoms with Gasteiger partial charge in [0.05, 0.1) is 5.25 Å². The Labute approximate surface area is 165 Å². The first-order chi connectivity index (χ1) is 13.0. The molecule has 27 heavy (non-hydrogen) atoms. The summed E-state index contributed by atoms with van der Waals surface area (Å²) in [6, 6.07) is 8.28. The number of benzene rings is 1. The molecule has 3 rings (SSSR count). The molecule has 1 aliphatic heterocycles. The molecule has 1 aromatic heterocycles. The van der Waals surface area contributed by atoms with Gasteiger partial charge >= 0.3 is 0 Å². The van der Waals surface area contributed by atoms with Crippen LogP contribution in [0.5, 0.6) is 0 Å². The molecular formula is C20H29N5OS. The second-order valence-electron chi connectivity index (χ2n) is 6.94. The predicted molar refractivity (Wildman–Crippen MR) is 110 cm³/mol. The monoisotopic (exact) mass is 387 g/mol. The van der Waals surface area contributed by atoms with E-state index in [-0.39, 0.29) is 11.2 Å². The van der Waals surface area contributed by atoms with Crippen molar-refractivity contribution in [2.24, 2.45) is 0 Å². The van der Waals surface area contributed by atoms with Crippen LogP contribution < -0.4 is 0 Å². The molecular weight excluding hydrogens is 358 g/mol. The van der Waals surface area contributed by atoms with Crippen LogP contribution in [-0.4, -0.2) is 68.4 Å². The summed E-state index contributed by atoms with van der Waals surface area (Å²) in [6.45, 7) is 13.7. The van der Waals surface area contributed by atoms with Crippen LogP contribution in [0.15, 0.2) is 29.4 Å². The summed E-state index contributed by atoms with van der Waals surface area (Å²) < 4.78 is 2.10. The summed E-state index contributed by atoms with van der Waals surface area (Å²) in [5, 5.41) is 9.43. The van der Waals surface area contributed by atoms with Crippen LogP contribution in [0.2, 0.25) is 0 Å². The minimum absolute atomic E-state index is 0.168. The lowest BCUT2D eigenvalue weighted by Crippen LogP contribution is -2.50. The van der Waals surface area contributed by atoms with Gasteiger partial charge in [-0.3, -0.25) is 4.79 Å². The van der Waals surface area contributed by atoms with Gasteiger partial charge in [-0.15, -0.1) is 10.2 Å². The van der Waals surface area contributed by atoms with Crippen molar-refractivity contribution in [1.82, 2.24) is 24.6 Å². The molecule has 0 saturated carbocycles. The van der Waals surface area contributed by atoms with E-state index in [4.69, 9.17) is 0 Å². The lowest BCUT2D eigenvalue weighted by atomic mass is 10.1. The molecule has 0 aliphatic carbocycles. The van der Waals surface area contributed by atoms with Crippen molar-refractivity contribution in [2.75, 3.05) is 32.7 Å². The third-order valence-electron chi connectivity index (χ3n) is 5.07. The quantitative estimate of drug-likeness (QED) is 0.714. The third kappa shape index (κ3) is 4.52. The highest BCUT2D eigenvalue weighted by molar-refractivity contribution is 8.00. The number of piperazine rings is 1. The molecule has 6 nitrogen and oxygen atoms in total. The number of amides is 1. The number of aryl methyl sites for hydroxylation is 1. The van der Waals surface area contributed by atoms with Crippen LogP contribution in [0, 0.1) is 6.92 Å². The zero-order valence-corrected chi connectivity index (χ0v) is 17.5. The topological polar surface area (TPSA) is 54.3 Å². The van der Waals surface area contributed by atoms with Crippen molar-refractivity contribution in [2.45, 2.75) is 44.6 Å². The van der Waals surface area contributed by atoms with E-state index in [1.807, 2.05) is 17.9 Å². The largest absolute Gasteiger partial charge is 0.339 e. The zero-order chi connectivity index (χ0) is 19.4. The molecule has 1 fully saturated rings. The Morgan fingerprint density at radius 1 is 1.15 bits per heavy atom. The number of likely N-dealkylation sites (N-methyl/N-ethyl adjacent to an activating group) is 1. The molecule has 1 aromatic carbocycles. The average Bonchev–Trinajstić information content (AvgIpc) is 3.10. The van der Waals surface area contributed by atoms with Gasteiger partial charge in [-0.2, -0.15) is 0 Å². The first-order valence-electron chi connectivity index (χ1n) is 9.71. The number of thioether (sulfide) groups is 1. The molecule has 1 unspecified atom stereocenters. The summed E-state index contributed by atoms with van der Waals surface area (Å²) in [5.74, 6) is 1.05. The first-order valence-corrected chi connectivity index (χ1v) is 10.6. The fraction of sp³-hybridized carbons (Fsp3) is 0.550. The Bertz CT molecular complexity index is 782. The molecule has 7 heteroatoms. The minimum Gasteiger partial charge on any atom is -0.339 e. The van der Waals surface area contributed by atoms with Crippen LogP contribution in [0.3, 0.4) is 0 Å². The van der Waals surface area contributed by atoms with E-state index in [2.05, 4.69) is 58.6 Å². The first kappa shape index (κ1) is 19.9. The fourth-order valence-corrected chi connectivity index (χ4v) is 4.41. The number of carbonyl (C=O) groups excluding carboxylic acids is 1. The SMILES string of the molecule is CCN1CCN(C(=O)C(C)Sc2nnc(-c3cccc(C)c3)n2CC)CC1. The van der Waals surface area contributed by atoms with E-state index in [0.29, 0.717) is 0 Å². The Morgan fingerprint density at radius 2 is 1.89 bits per heavy atom.